The topological polar surface area (TPSA) is 88.4 Å². The monoisotopic (exact) mass is 505 g/mol. The Kier molecular flexibility index (Phi) is 9.41. The zero-order valence-corrected chi connectivity index (χ0v) is 21.9. The van der Waals surface area contributed by atoms with Crippen LogP contribution in [0.4, 0.5) is 0 Å². The molecule has 1 fully saturated rings. The molecule has 1 atom stereocenters. The molecule has 0 bridgehead atoms. The van der Waals surface area contributed by atoms with Gasteiger partial charge in [0.05, 0.1) is 23.0 Å². The van der Waals surface area contributed by atoms with Gasteiger partial charge in [-0.25, -0.2) is 8.51 Å². The van der Waals surface area contributed by atoms with Crippen LogP contribution in [-0.4, -0.2) is 49.1 Å². The minimum atomic E-state index is -3.99. The first kappa shape index (κ1) is 26.5. The fraction of sp³-hybridized carbons (Fsp3) is 0.480. The van der Waals surface area contributed by atoms with E-state index in [2.05, 4.69) is 15.7 Å². The van der Waals surface area contributed by atoms with Crippen molar-refractivity contribution in [1.29, 1.82) is 0 Å². The Balaban J connectivity index is 2.11. The summed E-state index contributed by atoms with van der Waals surface area (Å²) in [5.41, 5.74) is 2.00. The van der Waals surface area contributed by atoms with Crippen molar-refractivity contribution in [2.75, 3.05) is 26.3 Å². The largest absolute Gasteiger partial charge is 0.379 e. The van der Waals surface area contributed by atoms with E-state index in [-0.39, 0.29) is 10.7 Å². The number of rotatable bonds is 9. The quantitative estimate of drug-likeness (QED) is 0.268. The van der Waals surface area contributed by atoms with Crippen LogP contribution in [-0.2, 0) is 24.7 Å². The van der Waals surface area contributed by atoms with E-state index in [1.165, 1.54) is 0 Å². The lowest BCUT2D eigenvalue weighted by Gasteiger charge is -2.29. The predicted octanol–water partition coefficient (Wildman–Crippen LogP) is 5.14. The Labute approximate surface area is 204 Å². The minimum Gasteiger partial charge on any atom is -0.379 e. The Hall–Kier alpha value is -2.07. The smallest absolute Gasteiger partial charge is 0.284 e. The molecule has 3 rings (SSSR count). The predicted molar refractivity (Wildman–Crippen MR) is 137 cm³/mol. The Bertz CT molecular complexity index is 1190. The molecule has 0 spiro atoms. The lowest BCUT2D eigenvalue weighted by molar-refractivity contribution is 0.0745. The zero-order valence-electron chi connectivity index (χ0n) is 20.3. The summed E-state index contributed by atoms with van der Waals surface area (Å²) in [7, 11) is -7.09. The van der Waals surface area contributed by atoms with Crippen LogP contribution in [0.5, 0.6) is 0 Å². The highest BCUT2D eigenvalue weighted by atomic mass is 32.2. The minimum absolute atomic E-state index is 0.104. The van der Waals surface area contributed by atoms with E-state index < -0.39 is 19.9 Å². The van der Waals surface area contributed by atoms with Gasteiger partial charge in [-0.15, -0.1) is 4.40 Å². The van der Waals surface area contributed by atoms with Crippen molar-refractivity contribution in [3.63, 3.8) is 0 Å². The number of sulfonamides is 1. The molecule has 0 saturated carbocycles. The maximum Gasteiger partial charge on any atom is 0.284 e. The van der Waals surface area contributed by atoms with Gasteiger partial charge in [0, 0.05) is 19.5 Å². The number of aryl methyl sites for hydroxylation is 2. The normalized spacial score (nSPS) is 17.3. The van der Waals surface area contributed by atoms with Crippen LogP contribution >= 0.6 is 0 Å². The molecule has 0 amide bonds. The highest BCUT2D eigenvalue weighted by molar-refractivity contribution is 7.92. The summed E-state index contributed by atoms with van der Waals surface area (Å²) in [5.74, 6) is 0.105. The summed E-state index contributed by atoms with van der Waals surface area (Å²) < 4.78 is 56.7. The molecule has 2 aromatic carbocycles. The maximum atomic E-state index is 14.4. The molecule has 34 heavy (non-hydrogen) atoms. The second kappa shape index (κ2) is 12.1. The van der Waals surface area contributed by atoms with Gasteiger partial charge >= 0.3 is 0 Å². The van der Waals surface area contributed by atoms with Crippen LogP contribution in [0.25, 0.3) is 0 Å². The molecular formula is C25H35N3O4S2. The van der Waals surface area contributed by atoms with Gasteiger partial charge in [-0.1, -0.05) is 61.6 Å². The first-order valence-electron chi connectivity index (χ1n) is 11.8. The molecular weight excluding hydrogens is 470 g/mol. The molecule has 1 unspecified atom stereocenters. The number of amidine groups is 1. The van der Waals surface area contributed by atoms with Crippen molar-refractivity contribution in [3.8, 4) is 0 Å². The molecule has 0 aliphatic carbocycles. The van der Waals surface area contributed by atoms with Crippen molar-refractivity contribution >= 4 is 25.8 Å². The average Bonchev–Trinajstić information content (AvgIpc) is 2.82. The Morgan fingerprint density at radius 2 is 1.41 bits per heavy atom. The van der Waals surface area contributed by atoms with Gasteiger partial charge in [0.2, 0.25) is 0 Å². The van der Waals surface area contributed by atoms with Gasteiger partial charge in [0.1, 0.15) is 9.92 Å². The van der Waals surface area contributed by atoms with Crippen molar-refractivity contribution in [2.45, 2.75) is 62.7 Å². The summed E-state index contributed by atoms with van der Waals surface area (Å²) in [6.45, 7) is 7.77. The molecule has 0 N–H and O–H groups in total. The SMILES string of the molecule is CCCCCC/C(N=S(=O)(c1ccc(C)cc1)N1CCOCC1)=N\S(=O)(=O)c1ccc(C)cc1. The molecule has 1 aliphatic heterocycles. The lowest BCUT2D eigenvalue weighted by Crippen LogP contribution is -2.40. The van der Waals surface area contributed by atoms with Crippen molar-refractivity contribution in [3.05, 3.63) is 59.7 Å². The van der Waals surface area contributed by atoms with E-state index in [1.54, 1.807) is 40.7 Å². The summed E-state index contributed by atoms with van der Waals surface area (Å²) in [6, 6.07) is 14.0. The van der Waals surface area contributed by atoms with Crippen LogP contribution < -0.4 is 0 Å². The first-order chi connectivity index (χ1) is 16.2. The molecule has 1 heterocycles. The second-order valence-electron chi connectivity index (χ2n) is 8.55. The van der Waals surface area contributed by atoms with Crippen molar-refractivity contribution in [1.82, 2.24) is 4.31 Å². The maximum absolute atomic E-state index is 14.4. The molecule has 1 saturated heterocycles. The number of morpholine rings is 1. The van der Waals surface area contributed by atoms with Crippen LogP contribution in [0.2, 0.25) is 0 Å². The summed E-state index contributed by atoms with van der Waals surface area (Å²) in [6.07, 6.45) is 4.09. The number of benzene rings is 2. The highest BCUT2D eigenvalue weighted by Crippen LogP contribution is 2.23. The third-order valence-corrected chi connectivity index (χ3v) is 9.40. The zero-order chi connectivity index (χ0) is 24.6. The van der Waals surface area contributed by atoms with E-state index in [4.69, 9.17) is 4.74 Å². The van der Waals surface area contributed by atoms with E-state index in [1.807, 2.05) is 26.0 Å². The number of ether oxygens (including phenoxy) is 1. The van der Waals surface area contributed by atoms with Crippen molar-refractivity contribution in [2.24, 2.45) is 8.76 Å². The number of unbranched alkanes of at least 4 members (excludes halogenated alkanes) is 3. The standard InChI is InChI=1S/C25H35N3O4S2/c1-4-5-6-7-8-25(27-34(30,31)24-15-11-22(3)12-16-24)26-33(29,28-17-19-32-20-18-28)23-13-9-21(2)10-14-23/h9-16H,4-8,17-20H2,1-3H3/b27-25+. The third-order valence-electron chi connectivity index (χ3n) is 5.68. The average molecular weight is 506 g/mol. The Morgan fingerprint density at radius 3 is 1.97 bits per heavy atom. The van der Waals surface area contributed by atoms with Gasteiger partial charge < -0.3 is 4.74 Å². The van der Waals surface area contributed by atoms with E-state index >= 15 is 0 Å². The van der Waals surface area contributed by atoms with E-state index in [0.29, 0.717) is 37.6 Å². The molecule has 0 radical (unpaired) electrons. The van der Waals surface area contributed by atoms with Gasteiger partial charge in [-0.2, -0.15) is 12.8 Å². The third kappa shape index (κ3) is 6.97. The molecule has 0 aromatic heterocycles. The summed E-state index contributed by atoms with van der Waals surface area (Å²) in [5, 5.41) is 0. The number of nitrogens with zero attached hydrogens (tertiary/aromatic N) is 3. The van der Waals surface area contributed by atoms with Crippen molar-refractivity contribution < 1.29 is 17.4 Å². The van der Waals surface area contributed by atoms with Crippen LogP contribution in [0.1, 0.15) is 50.2 Å². The van der Waals surface area contributed by atoms with Gasteiger partial charge in [0.25, 0.3) is 10.0 Å². The summed E-state index contributed by atoms with van der Waals surface area (Å²) in [4.78, 5) is 0.654. The molecule has 7 nitrogen and oxygen atoms in total. The molecule has 1 aliphatic rings. The molecule has 186 valence electrons. The van der Waals surface area contributed by atoms with E-state index in [0.717, 1.165) is 36.8 Å². The molecule has 9 heteroatoms. The van der Waals surface area contributed by atoms with Crippen LogP contribution in [0.15, 0.2) is 67.1 Å². The fourth-order valence-electron chi connectivity index (χ4n) is 3.63. The fourth-order valence-corrected chi connectivity index (χ4v) is 6.75. The molecule has 2 aromatic rings. The van der Waals surface area contributed by atoms with Crippen LogP contribution in [0, 0.1) is 13.8 Å². The lowest BCUT2D eigenvalue weighted by atomic mass is 10.1. The number of hydrogen-bond acceptors (Lipinski definition) is 4. The van der Waals surface area contributed by atoms with Gasteiger partial charge in [-0.3, -0.25) is 0 Å². The Morgan fingerprint density at radius 1 is 0.853 bits per heavy atom. The van der Waals surface area contributed by atoms with Gasteiger partial charge in [-0.05, 0) is 44.5 Å². The van der Waals surface area contributed by atoms with Gasteiger partial charge in [0.15, 0.2) is 5.84 Å². The highest BCUT2D eigenvalue weighted by Gasteiger charge is 2.26. The second-order valence-corrected chi connectivity index (χ2v) is 12.3. The first-order valence-corrected chi connectivity index (χ1v) is 14.7. The number of hydrogen-bond donors (Lipinski definition) is 0. The summed E-state index contributed by atoms with van der Waals surface area (Å²) >= 11 is 0. The van der Waals surface area contributed by atoms with Crippen LogP contribution in [0.3, 0.4) is 0 Å². The van der Waals surface area contributed by atoms with E-state index in [9.17, 15) is 12.6 Å².